The summed E-state index contributed by atoms with van der Waals surface area (Å²) in [7, 11) is 3.99. The monoisotopic (exact) mass is 321 g/mol. The molecule has 0 amide bonds. The van der Waals surface area contributed by atoms with Gasteiger partial charge in [-0.3, -0.25) is 0 Å². The van der Waals surface area contributed by atoms with Crippen LogP contribution in [0.1, 0.15) is 23.2 Å². The van der Waals surface area contributed by atoms with Gasteiger partial charge in [0.2, 0.25) is 0 Å². The second-order valence-corrected chi connectivity index (χ2v) is 6.84. The van der Waals surface area contributed by atoms with E-state index >= 15 is 0 Å². The lowest BCUT2D eigenvalue weighted by atomic mass is 9.91. The molecule has 0 aliphatic heterocycles. The molecule has 1 unspecified atom stereocenters. The Morgan fingerprint density at radius 2 is 2.04 bits per heavy atom. The Morgan fingerprint density at radius 1 is 1.21 bits per heavy atom. The summed E-state index contributed by atoms with van der Waals surface area (Å²) in [5.41, 5.74) is 5.40. The summed E-state index contributed by atoms with van der Waals surface area (Å²) < 4.78 is 0. The Hall–Kier alpha value is -2.56. The van der Waals surface area contributed by atoms with Crippen molar-refractivity contribution in [2.75, 3.05) is 24.3 Å². The Morgan fingerprint density at radius 3 is 2.88 bits per heavy atom. The van der Waals surface area contributed by atoms with Gasteiger partial charge >= 0.3 is 0 Å². The van der Waals surface area contributed by atoms with Crippen LogP contribution < -0.4 is 10.2 Å². The summed E-state index contributed by atoms with van der Waals surface area (Å²) in [5.74, 6) is 1.75. The first kappa shape index (κ1) is 15.0. The van der Waals surface area contributed by atoms with Crippen molar-refractivity contribution in [3.05, 3.63) is 47.4 Å². The molecule has 124 valence electrons. The van der Waals surface area contributed by atoms with E-state index in [2.05, 4.69) is 45.4 Å². The van der Waals surface area contributed by atoms with Gasteiger partial charge in [0.05, 0.1) is 0 Å². The van der Waals surface area contributed by atoms with Gasteiger partial charge in [-0.25, -0.2) is 9.97 Å². The molecule has 0 radical (unpaired) electrons. The predicted molar refractivity (Wildman–Crippen MR) is 98.8 cm³/mol. The van der Waals surface area contributed by atoms with Crippen LogP contribution in [0.25, 0.3) is 10.9 Å². The third-order valence-corrected chi connectivity index (χ3v) is 4.79. The van der Waals surface area contributed by atoms with E-state index in [0.29, 0.717) is 6.04 Å². The number of H-pyrrole nitrogens is 1. The Balaban J connectivity index is 1.63. The maximum absolute atomic E-state index is 4.49. The van der Waals surface area contributed by atoms with Crippen LogP contribution in [-0.2, 0) is 12.8 Å². The normalized spacial score (nSPS) is 16.9. The van der Waals surface area contributed by atoms with E-state index in [1.807, 2.05) is 19.0 Å². The zero-order valence-electron chi connectivity index (χ0n) is 14.4. The molecule has 3 aromatic rings. The molecule has 0 fully saturated rings. The van der Waals surface area contributed by atoms with Gasteiger partial charge in [-0.15, -0.1) is 0 Å². The average Bonchev–Trinajstić information content (AvgIpc) is 2.92. The SMILES string of the molecule is Cc1ccc2[nH]c3c(c2c1)CC(Nc1nccnc1N(C)C)CC3. The molecule has 0 saturated carbocycles. The highest BCUT2D eigenvalue weighted by atomic mass is 15.2. The lowest BCUT2D eigenvalue weighted by Crippen LogP contribution is -2.28. The molecule has 0 saturated heterocycles. The predicted octanol–water partition coefficient (Wildman–Crippen LogP) is 3.30. The minimum Gasteiger partial charge on any atom is -0.364 e. The van der Waals surface area contributed by atoms with Crippen LogP contribution in [0.3, 0.4) is 0 Å². The number of rotatable bonds is 3. The van der Waals surface area contributed by atoms with Gasteiger partial charge in [0.25, 0.3) is 0 Å². The smallest absolute Gasteiger partial charge is 0.171 e. The first-order chi connectivity index (χ1) is 11.6. The number of benzene rings is 1. The lowest BCUT2D eigenvalue weighted by molar-refractivity contribution is 0.605. The second-order valence-electron chi connectivity index (χ2n) is 6.84. The quantitative estimate of drug-likeness (QED) is 0.777. The molecular formula is C19H23N5. The molecule has 0 spiro atoms. The van der Waals surface area contributed by atoms with Gasteiger partial charge in [0.15, 0.2) is 11.6 Å². The average molecular weight is 321 g/mol. The summed E-state index contributed by atoms with van der Waals surface area (Å²) in [6, 6.07) is 7.04. The summed E-state index contributed by atoms with van der Waals surface area (Å²) in [6.45, 7) is 2.15. The summed E-state index contributed by atoms with van der Waals surface area (Å²) >= 11 is 0. The van der Waals surface area contributed by atoms with E-state index in [1.54, 1.807) is 12.4 Å². The fourth-order valence-electron chi connectivity index (χ4n) is 3.61. The van der Waals surface area contributed by atoms with Crippen molar-refractivity contribution in [2.24, 2.45) is 0 Å². The highest BCUT2D eigenvalue weighted by molar-refractivity contribution is 5.85. The lowest BCUT2D eigenvalue weighted by Gasteiger charge is -2.26. The number of hydrogen-bond donors (Lipinski definition) is 2. The van der Waals surface area contributed by atoms with Crippen molar-refractivity contribution in [3.63, 3.8) is 0 Å². The Kier molecular flexibility index (Phi) is 3.63. The van der Waals surface area contributed by atoms with E-state index in [4.69, 9.17) is 0 Å². The van der Waals surface area contributed by atoms with Crippen LogP contribution >= 0.6 is 0 Å². The van der Waals surface area contributed by atoms with Gasteiger partial charge in [-0.1, -0.05) is 11.6 Å². The van der Waals surface area contributed by atoms with Gasteiger partial charge < -0.3 is 15.2 Å². The molecule has 1 atom stereocenters. The number of nitrogens with one attached hydrogen (secondary N) is 2. The molecule has 1 aliphatic carbocycles. The topological polar surface area (TPSA) is 56.8 Å². The van der Waals surface area contributed by atoms with E-state index < -0.39 is 0 Å². The molecule has 0 bridgehead atoms. The van der Waals surface area contributed by atoms with Crippen molar-refractivity contribution in [3.8, 4) is 0 Å². The number of fused-ring (bicyclic) bond motifs is 3. The Labute approximate surface area is 142 Å². The van der Waals surface area contributed by atoms with Gasteiger partial charge in [0, 0.05) is 49.1 Å². The van der Waals surface area contributed by atoms with Crippen LogP contribution in [0.5, 0.6) is 0 Å². The molecule has 2 N–H and O–H groups in total. The number of anilines is 2. The zero-order chi connectivity index (χ0) is 16.7. The van der Waals surface area contributed by atoms with Crippen LogP contribution in [-0.4, -0.2) is 35.1 Å². The first-order valence-corrected chi connectivity index (χ1v) is 8.47. The maximum Gasteiger partial charge on any atom is 0.171 e. The van der Waals surface area contributed by atoms with Crippen molar-refractivity contribution in [1.29, 1.82) is 0 Å². The van der Waals surface area contributed by atoms with E-state index in [1.165, 1.54) is 27.7 Å². The number of aromatic nitrogens is 3. The largest absolute Gasteiger partial charge is 0.364 e. The van der Waals surface area contributed by atoms with Crippen molar-refractivity contribution < 1.29 is 0 Å². The molecule has 1 aromatic carbocycles. The molecular weight excluding hydrogens is 298 g/mol. The van der Waals surface area contributed by atoms with Crippen LogP contribution in [0, 0.1) is 6.92 Å². The standard InChI is InChI=1S/C19H23N5/c1-12-4-6-16-14(10-12)15-11-13(5-7-17(15)23-16)22-18-19(24(2)3)21-9-8-20-18/h4,6,8-10,13,23H,5,7,11H2,1-3H3,(H,20,22). The highest BCUT2D eigenvalue weighted by Gasteiger charge is 2.23. The molecule has 24 heavy (non-hydrogen) atoms. The van der Waals surface area contributed by atoms with Gasteiger partial charge in [-0.2, -0.15) is 0 Å². The number of nitrogens with zero attached hydrogens (tertiary/aromatic N) is 3. The van der Waals surface area contributed by atoms with Crippen molar-refractivity contribution in [2.45, 2.75) is 32.2 Å². The molecule has 2 heterocycles. The number of aromatic amines is 1. The van der Waals surface area contributed by atoms with E-state index in [9.17, 15) is 0 Å². The molecule has 1 aliphatic rings. The highest BCUT2D eigenvalue weighted by Crippen LogP contribution is 2.31. The van der Waals surface area contributed by atoms with E-state index in [-0.39, 0.29) is 0 Å². The second kappa shape index (κ2) is 5.82. The minimum atomic E-state index is 0.382. The first-order valence-electron chi connectivity index (χ1n) is 8.47. The molecule has 2 aromatic heterocycles. The van der Waals surface area contributed by atoms with Crippen molar-refractivity contribution in [1.82, 2.24) is 15.0 Å². The number of aryl methyl sites for hydroxylation is 2. The van der Waals surface area contributed by atoms with Crippen molar-refractivity contribution >= 4 is 22.5 Å². The summed E-state index contributed by atoms with van der Waals surface area (Å²) in [4.78, 5) is 14.5. The van der Waals surface area contributed by atoms with E-state index in [0.717, 1.165) is 30.9 Å². The van der Waals surface area contributed by atoms with Gasteiger partial charge in [-0.05, 0) is 43.9 Å². The number of hydrogen-bond acceptors (Lipinski definition) is 4. The van der Waals surface area contributed by atoms with Gasteiger partial charge in [0.1, 0.15) is 0 Å². The third-order valence-electron chi connectivity index (χ3n) is 4.79. The van der Waals surface area contributed by atoms with Crippen LogP contribution in [0.15, 0.2) is 30.6 Å². The summed E-state index contributed by atoms with van der Waals surface area (Å²) in [6.07, 6.45) is 6.67. The minimum absolute atomic E-state index is 0.382. The maximum atomic E-state index is 4.49. The molecule has 5 heteroatoms. The molecule has 5 nitrogen and oxygen atoms in total. The molecule has 4 rings (SSSR count). The fraction of sp³-hybridized carbons (Fsp3) is 0.368. The summed E-state index contributed by atoms with van der Waals surface area (Å²) in [5, 5.41) is 4.98. The third kappa shape index (κ3) is 2.60. The van der Waals surface area contributed by atoms with Crippen LogP contribution in [0.2, 0.25) is 0 Å². The Bertz CT molecular complexity index is 881. The van der Waals surface area contributed by atoms with Crippen LogP contribution in [0.4, 0.5) is 11.6 Å². The fourth-order valence-corrected chi connectivity index (χ4v) is 3.61. The zero-order valence-corrected chi connectivity index (χ0v) is 14.4.